The minimum atomic E-state index is -0.837. The molecular weight excluding hydrogens is 212 g/mol. The quantitative estimate of drug-likeness (QED) is 0.713. The van der Waals surface area contributed by atoms with Gasteiger partial charge in [0.05, 0.1) is 23.3 Å². The van der Waals surface area contributed by atoms with E-state index in [9.17, 15) is 9.70 Å². The van der Waals surface area contributed by atoms with Gasteiger partial charge in [0.1, 0.15) is 0 Å². The summed E-state index contributed by atoms with van der Waals surface area (Å²) in [5.41, 5.74) is -0.244. The molecule has 6 nitrogen and oxygen atoms in total. The van der Waals surface area contributed by atoms with E-state index < -0.39 is 11.9 Å². The molecule has 90 valence electrons. The number of rotatable bonds is 2. The highest BCUT2D eigenvalue weighted by atomic mass is 16.5. The number of piperidine rings is 1. The third-order valence-electron chi connectivity index (χ3n) is 3.77. The smallest absolute Gasteiger partial charge is 0.308 e. The molecule has 0 bridgehead atoms. The molecule has 0 aromatic carbocycles. The van der Waals surface area contributed by atoms with Gasteiger partial charge in [0.15, 0.2) is 0 Å². The summed E-state index contributed by atoms with van der Waals surface area (Å²) in [5.74, 6) is -1.30. The van der Waals surface area contributed by atoms with Gasteiger partial charge in [0.25, 0.3) is 0 Å². The van der Waals surface area contributed by atoms with Crippen molar-refractivity contribution >= 4 is 5.97 Å². The molecule has 1 unspecified atom stereocenters. The lowest BCUT2D eigenvalue weighted by Crippen LogP contribution is -2.55. The average molecular weight is 228 g/mol. The second kappa shape index (κ2) is 4.37. The van der Waals surface area contributed by atoms with Gasteiger partial charge in [-0.15, -0.1) is 4.91 Å². The van der Waals surface area contributed by atoms with Crippen molar-refractivity contribution in [3.63, 3.8) is 0 Å². The van der Waals surface area contributed by atoms with Crippen molar-refractivity contribution in [1.29, 1.82) is 0 Å². The number of carbonyl (C=O) groups is 1. The van der Waals surface area contributed by atoms with Gasteiger partial charge in [-0.3, -0.25) is 9.80 Å². The van der Waals surface area contributed by atoms with Crippen LogP contribution in [0.25, 0.3) is 0 Å². The van der Waals surface area contributed by atoms with Crippen LogP contribution in [0.1, 0.15) is 25.7 Å². The van der Waals surface area contributed by atoms with Crippen molar-refractivity contribution in [2.45, 2.75) is 31.2 Å². The normalized spacial score (nSPS) is 29.0. The number of nitrogens with zero attached hydrogens (tertiary/aromatic N) is 2. The lowest BCUT2D eigenvalue weighted by molar-refractivity contribution is -0.147. The van der Waals surface area contributed by atoms with Crippen molar-refractivity contribution in [3.8, 4) is 0 Å². The topological polar surface area (TPSA) is 79.2 Å². The maximum absolute atomic E-state index is 10.9. The Morgan fingerprint density at radius 2 is 2.06 bits per heavy atom. The third kappa shape index (κ3) is 1.89. The van der Waals surface area contributed by atoms with Crippen molar-refractivity contribution in [3.05, 3.63) is 4.91 Å². The van der Waals surface area contributed by atoms with E-state index in [1.54, 1.807) is 0 Å². The third-order valence-corrected chi connectivity index (χ3v) is 3.77. The van der Waals surface area contributed by atoms with Crippen LogP contribution in [-0.4, -0.2) is 41.4 Å². The lowest BCUT2D eigenvalue weighted by atomic mass is 9.78. The minimum Gasteiger partial charge on any atom is -0.481 e. The fourth-order valence-electron chi connectivity index (χ4n) is 2.65. The predicted molar refractivity (Wildman–Crippen MR) is 55.6 cm³/mol. The SMILES string of the molecule is O=NN1CC(C(=O)O)CCC12CCOCC2. The van der Waals surface area contributed by atoms with Crippen LogP contribution >= 0.6 is 0 Å². The molecule has 0 radical (unpaired) electrons. The molecule has 2 aliphatic heterocycles. The maximum Gasteiger partial charge on any atom is 0.308 e. The Labute approximate surface area is 93.5 Å². The van der Waals surface area contributed by atoms with Gasteiger partial charge in [0.2, 0.25) is 0 Å². The van der Waals surface area contributed by atoms with E-state index in [4.69, 9.17) is 9.84 Å². The van der Waals surface area contributed by atoms with Gasteiger partial charge in [-0.2, -0.15) is 0 Å². The number of hydrogen-bond acceptors (Lipinski definition) is 4. The Hall–Kier alpha value is -1.17. The number of carboxylic acid groups (broad SMARTS) is 1. The summed E-state index contributed by atoms with van der Waals surface area (Å²) in [5, 5.41) is 13.4. The zero-order valence-electron chi connectivity index (χ0n) is 9.09. The Bertz CT molecular complexity index is 289. The molecule has 0 saturated carbocycles. The minimum absolute atomic E-state index is 0.235. The van der Waals surface area contributed by atoms with Gasteiger partial charge in [-0.1, -0.05) is 0 Å². The van der Waals surface area contributed by atoms with E-state index in [0.717, 1.165) is 19.3 Å². The first-order valence-electron chi connectivity index (χ1n) is 5.59. The summed E-state index contributed by atoms with van der Waals surface area (Å²) in [6.07, 6.45) is 2.89. The predicted octanol–water partition coefficient (Wildman–Crippen LogP) is 1.01. The first-order chi connectivity index (χ1) is 7.68. The second-order valence-electron chi connectivity index (χ2n) is 4.57. The van der Waals surface area contributed by atoms with Gasteiger partial charge in [0, 0.05) is 13.2 Å². The summed E-state index contributed by atoms with van der Waals surface area (Å²) in [6, 6.07) is 0. The molecule has 2 rings (SSSR count). The van der Waals surface area contributed by atoms with Crippen LogP contribution in [0.15, 0.2) is 5.29 Å². The van der Waals surface area contributed by atoms with Crippen LogP contribution < -0.4 is 0 Å². The molecule has 2 aliphatic rings. The second-order valence-corrected chi connectivity index (χ2v) is 4.57. The Morgan fingerprint density at radius 3 is 2.62 bits per heavy atom. The van der Waals surface area contributed by atoms with Crippen molar-refractivity contribution in [1.82, 2.24) is 5.01 Å². The van der Waals surface area contributed by atoms with Gasteiger partial charge >= 0.3 is 5.97 Å². The Balaban J connectivity index is 2.10. The van der Waals surface area contributed by atoms with Crippen LogP contribution in [-0.2, 0) is 9.53 Å². The molecule has 6 heteroatoms. The fourth-order valence-corrected chi connectivity index (χ4v) is 2.65. The Kier molecular flexibility index (Phi) is 3.09. The van der Waals surface area contributed by atoms with E-state index >= 15 is 0 Å². The fraction of sp³-hybridized carbons (Fsp3) is 0.900. The molecule has 0 amide bonds. The first-order valence-corrected chi connectivity index (χ1v) is 5.59. The maximum atomic E-state index is 10.9. The van der Waals surface area contributed by atoms with Crippen molar-refractivity contribution in [2.75, 3.05) is 19.8 Å². The number of carboxylic acids is 1. The van der Waals surface area contributed by atoms with Crippen LogP contribution in [0, 0.1) is 10.8 Å². The number of ether oxygens (including phenoxy) is 1. The summed E-state index contributed by atoms with van der Waals surface area (Å²) in [6.45, 7) is 1.49. The number of aliphatic carboxylic acids is 1. The standard InChI is InChI=1S/C10H16N2O4/c13-9(14)8-1-2-10(12(7-8)11-15)3-5-16-6-4-10/h8H,1-7H2,(H,13,14). The summed E-state index contributed by atoms with van der Waals surface area (Å²) < 4.78 is 5.28. The molecule has 2 heterocycles. The summed E-state index contributed by atoms with van der Waals surface area (Å²) in [7, 11) is 0. The average Bonchev–Trinajstić information content (AvgIpc) is 2.30. The van der Waals surface area contributed by atoms with Crippen LogP contribution in [0.2, 0.25) is 0 Å². The van der Waals surface area contributed by atoms with Crippen LogP contribution in [0.5, 0.6) is 0 Å². The molecule has 1 spiro atoms. The van der Waals surface area contributed by atoms with Crippen LogP contribution in [0.3, 0.4) is 0 Å². The van der Waals surface area contributed by atoms with Crippen molar-refractivity contribution in [2.24, 2.45) is 11.2 Å². The highest BCUT2D eigenvalue weighted by Crippen LogP contribution is 2.38. The number of hydrogen-bond donors (Lipinski definition) is 1. The lowest BCUT2D eigenvalue weighted by Gasteiger charge is -2.47. The monoisotopic (exact) mass is 228 g/mol. The zero-order chi connectivity index (χ0) is 11.6. The number of nitroso groups, excluding NO2 is 1. The molecule has 2 saturated heterocycles. The Morgan fingerprint density at radius 1 is 1.38 bits per heavy atom. The van der Waals surface area contributed by atoms with Gasteiger partial charge in [-0.05, 0) is 25.7 Å². The molecular formula is C10H16N2O4. The molecule has 2 fully saturated rings. The van der Waals surface area contributed by atoms with Gasteiger partial charge < -0.3 is 9.84 Å². The van der Waals surface area contributed by atoms with E-state index in [0.29, 0.717) is 19.6 Å². The molecule has 1 atom stereocenters. The molecule has 0 aliphatic carbocycles. The van der Waals surface area contributed by atoms with E-state index in [2.05, 4.69) is 5.29 Å². The van der Waals surface area contributed by atoms with E-state index in [1.165, 1.54) is 5.01 Å². The highest BCUT2D eigenvalue weighted by molar-refractivity contribution is 5.70. The van der Waals surface area contributed by atoms with Gasteiger partial charge in [-0.25, -0.2) is 0 Å². The summed E-state index contributed by atoms with van der Waals surface area (Å²) in [4.78, 5) is 21.7. The zero-order valence-corrected chi connectivity index (χ0v) is 9.09. The molecule has 1 N–H and O–H groups in total. The molecule has 16 heavy (non-hydrogen) atoms. The molecule has 0 aromatic heterocycles. The first kappa shape index (κ1) is 11.3. The van der Waals surface area contributed by atoms with Crippen LogP contribution in [0.4, 0.5) is 0 Å². The molecule has 0 aromatic rings. The van der Waals surface area contributed by atoms with E-state index in [1.807, 2.05) is 0 Å². The summed E-state index contributed by atoms with van der Waals surface area (Å²) >= 11 is 0. The highest BCUT2D eigenvalue weighted by Gasteiger charge is 2.45. The largest absolute Gasteiger partial charge is 0.481 e. The van der Waals surface area contributed by atoms with E-state index in [-0.39, 0.29) is 12.1 Å². The van der Waals surface area contributed by atoms with Crippen molar-refractivity contribution < 1.29 is 14.6 Å².